The Morgan fingerprint density at radius 3 is 2.55 bits per heavy atom. The molecule has 2 saturated carbocycles. The second kappa shape index (κ2) is 5.34. The molecule has 2 aliphatic rings. The van der Waals surface area contributed by atoms with Gasteiger partial charge in [0.1, 0.15) is 0 Å². The maximum absolute atomic E-state index is 13.2. The average molecular weight is 309 g/mol. The van der Waals surface area contributed by atoms with Crippen molar-refractivity contribution in [1.82, 2.24) is 5.32 Å². The molecule has 0 saturated heterocycles. The van der Waals surface area contributed by atoms with Gasteiger partial charge in [-0.15, -0.1) is 0 Å². The van der Waals surface area contributed by atoms with Gasteiger partial charge in [-0.25, -0.2) is 8.78 Å². The standard InChI is InChI=1S/C16H17F2NO3/c17-12-3-2-9(6-13(12)18)10-7-11(10)15(22)19-16(4-1-5-16)8-14(20)21/h2-3,6,10-11H,1,4-5,7-8H2,(H,19,22)(H,20,21). The lowest BCUT2D eigenvalue weighted by Crippen LogP contribution is -2.55. The van der Waals surface area contributed by atoms with Crippen LogP contribution in [0.5, 0.6) is 0 Å². The predicted octanol–water partition coefficient (Wildman–Crippen LogP) is 2.58. The molecule has 0 aliphatic heterocycles. The Morgan fingerprint density at radius 2 is 2.00 bits per heavy atom. The summed E-state index contributed by atoms with van der Waals surface area (Å²) < 4.78 is 26.2. The van der Waals surface area contributed by atoms with Gasteiger partial charge in [-0.05, 0) is 49.3 Å². The molecule has 2 fully saturated rings. The zero-order valence-electron chi connectivity index (χ0n) is 11.9. The first-order valence-electron chi connectivity index (χ1n) is 7.39. The van der Waals surface area contributed by atoms with Crippen LogP contribution in [0.2, 0.25) is 0 Å². The number of nitrogens with one attached hydrogen (secondary N) is 1. The minimum atomic E-state index is -0.923. The molecule has 3 rings (SSSR count). The van der Waals surface area contributed by atoms with E-state index in [9.17, 15) is 18.4 Å². The number of hydrogen-bond donors (Lipinski definition) is 2. The molecule has 4 nitrogen and oxygen atoms in total. The van der Waals surface area contributed by atoms with E-state index >= 15 is 0 Å². The lowest BCUT2D eigenvalue weighted by atomic mass is 9.74. The van der Waals surface area contributed by atoms with Crippen molar-refractivity contribution in [3.05, 3.63) is 35.4 Å². The van der Waals surface area contributed by atoms with E-state index in [1.165, 1.54) is 6.07 Å². The number of carbonyl (C=O) groups is 2. The van der Waals surface area contributed by atoms with Crippen LogP contribution in [-0.4, -0.2) is 22.5 Å². The van der Waals surface area contributed by atoms with E-state index in [0.717, 1.165) is 18.6 Å². The molecule has 2 N–H and O–H groups in total. The number of rotatable bonds is 5. The molecule has 1 aromatic rings. The highest BCUT2D eigenvalue weighted by Gasteiger charge is 2.48. The van der Waals surface area contributed by atoms with Gasteiger partial charge >= 0.3 is 5.97 Å². The Balaban J connectivity index is 1.63. The van der Waals surface area contributed by atoms with Crippen LogP contribution in [0.3, 0.4) is 0 Å². The smallest absolute Gasteiger partial charge is 0.305 e. The van der Waals surface area contributed by atoms with Gasteiger partial charge in [-0.2, -0.15) is 0 Å². The van der Waals surface area contributed by atoms with Crippen molar-refractivity contribution in [2.24, 2.45) is 5.92 Å². The third kappa shape index (κ3) is 2.82. The van der Waals surface area contributed by atoms with Gasteiger partial charge in [-0.3, -0.25) is 9.59 Å². The zero-order chi connectivity index (χ0) is 15.9. The molecule has 2 unspecified atom stereocenters. The number of carboxylic acid groups (broad SMARTS) is 1. The fraction of sp³-hybridized carbons (Fsp3) is 0.500. The molecule has 1 amide bonds. The van der Waals surface area contributed by atoms with Gasteiger partial charge in [0.2, 0.25) is 5.91 Å². The fourth-order valence-electron chi connectivity index (χ4n) is 3.19. The monoisotopic (exact) mass is 309 g/mol. The van der Waals surface area contributed by atoms with E-state index in [-0.39, 0.29) is 24.2 Å². The van der Waals surface area contributed by atoms with Crippen LogP contribution >= 0.6 is 0 Å². The Labute approximate surface area is 126 Å². The van der Waals surface area contributed by atoms with Crippen molar-refractivity contribution in [3.8, 4) is 0 Å². The largest absolute Gasteiger partial charge is 0.481 e. The molecule has 0 bridgehead atoms. The van der Waals surface area contributed by atoms with Crippen LogP contribution in [0, 0.1) is 17.6 Å². The second-order valence-electron chi connectivity index (χ2n) is 6.32. The van der Waals surface area contributed by atoms with E-state index in [2.05, 4.69) is 5.32 Å². The van der Waals surface area contributed by atoms with Gasteiger partial charge in [0, 0.05) is 5.92 Å². The van der Waals surface area contributed by atoms with Gasteiger partial charge in [0.05, 0.1) is 12.0 Å². The van der Waals surface area contributed by atoms with Crippen LogP contribution in [0.15, 0.2) is 18.2 Å². The summed E-state index contributed by atoms with van der Waals surface area (Å²) in [7, 11) is 0. The number of amides is 1. The highest BCUT2D eigenvalue weighted by atomic mass is 19.2. The molecule has 118 valence electrons. The van der Waals surface area contributed by atoms with E-state index in [4.69, 9.17) is 5.11 Å². The van der Waals surface area contributed by atoms with Gasteiger partial charge in [0.25, 0.3) is 0 Å². The normalized spacial score (nSPS) is 25.2. The summed E-state index contributed by atoms with van der Waals surface area (Å²) in [6.45, 7) is 0. The molecule has 0 radical (unpaired) electrons. The van der Waals surface area contributed by atoms with Gasteiger partial charge < -0.3 is 10.4 Å². The summed E-state index contributed by atoms with van der Waals surface area (Å²) in [5, 5.41) is 11.8. The number of carbonyl (C=O) groups excluding carboxylic acids is 1. The summed E-state index contributed by atoms with van der Waals surface area (Å²) in [6.07, 6.45) is 2.77. The van der Waals surface area contributed by atoms with Crippen molar-refractivity contribution in [2.45, 2.75) is 43.6 Å². The van der Waals surface area contributed by atoms with Crippen molar-refractivity contribution in [1.29, 1.82) is 0 Å². The number of hydrogen-bond acceptors (Lipinski definition) is 2. The third-order valence-electron chi connectivity index (χ3n) is 4.69. The molecule has 2 atom stereocenters. The molecule has 22 heavy (non-hydrogen) atoms. The highest BCUT2D eigenvalue weighted by Crippen LogP contribution is 2.48. The van der Waals surface area contributed by atoms with Crippen LogP contribution < -0.4 is 5.32 Å². The van der Waals surface area contributed by atoms with E-state index < -0.39 is 23.1 Å². The number of benzene rings is 1. The van der Waals surface area contributed by atoms with Gasteiger partial charge in [0.15, 0.2) is 11.6 Å². The Bertz CT molecular complexity index is 628. The summed E-state index contributed by atoms with van der Waals surface area (Å²) in [4.78, 5) is 23.2. The Hall–Kier alpha value is -1.98. The molecular formula is C16H17F2NO3. The first-order valence-corrected chi connectivity index (χ1v) is 7.39. The number of aliphatic carboxylic acids is 1. The quantitative estimate of drug-likeness (QED) is 0.878. The fourth-order valence-corrected chi connectivity index (χ4v) is 3.19. The average Bonchev–Trinajstić information content (AvgIpc) is 3.19. The summed E-state index contributed by atoms with van der Waals surface area (Å²) in [5.41, 5.74) is -0.00987. The first-order chi connectivity index (χ1) is 10.4. The number of carboxylic acids is 1. The zero-order valence-corrected chi connectivity index (χ0v) is 11.9. The minimum Gasteiger partial charge on any atom is -0.481 e. The molecule has 0 spiro atoms. The Morgan fingerprint density at radius 1 is 1.27 bits per heavy atom. The van der Waals surface area contributed by atoms with Crippen molar-refractivity contribution < 1.29 is 23.5 Å². The van der Waals surface area contributed by atoms with Gasteiger partial charge in [-0.1, -0.05) is 6.07 Å². The lowest BCUT2D eigenvalue weighted by molar-refractivity contribution is -0.140. The summed E-state index contributed by atoms with van der Waals surface area (Å²) in [5.74, 6) is -3.32. The molecule has 1 aromatic carbocycles. The third-order valence-corrected chi connectivity index (χ3v) is 4.69. The van der Waals surface area contributed by atoms with Crippen molar-refractivity contribution >= 4 is 11.9 Å². The van der Waals surface area contributed by atoms with Crippen molar-refractivity contribution in [2.75, 3.05) is 0 Å². The molecule has 6 heteroatoms. The van der Waals surface area contributed by atoms with E-state index in [1.807, 2.05) is 0 Å². The molecule has 2 aliphatic carbocycles. The van der Waals surface area contributed by atoms with Crippen LogP contribution in [0.1, 0.15) is 43.6 Å². The molecule has 0 heterocycles. The van der Waals surface area contributed by atoms with Crippen molar-refractivity contribution in [3.63, 3.8) is 0 Å². The number of halogens is 2. The van der Waals surface area contributed by atoms with E-state index in [1.54, 1.807) is 0 Å². The maximum Gasteiger partial charge on any atom is 0.305 e. The SMILES string of the molecule is O=C(O)CC1(NC(=O)C2CC2c2ccc(F)c(F)c2)CCC1. The highest BCUT2D eigenvalue weighted by molar-refractivity contribution is 5.84. The predicted molar refractivity (Wildman–Crippen MR) is 74.2 cm³/mol. The molecular weight excluding hydrogens is 292 g/mol. The lowest BCUT2D eigenvalue weighted by Gasteiger charge is -2.41. The molecule has 0 aromatic heterocycles. The minimum absolute atomic E-state index is 0.0682. The summed E-state index contributed by atoms with van der Waals surface area (Å²) in [6, 6.07) is 3.69. The Kier molecular flexibility index (Phi) is 3.62. The summed E-state index contributed by atoms with van der Waals surface area (Å²) >= 11 is 0. The second-order valence-corrected chi connectivity index (χ2v) is 6.32. The van der Waals surface area contributed by atoms with Crippen LogP contribution in [0.25, 0.3) is 0 Å². The van der Waals surface area contributed by atoms with E-state index in [0.29, 0.717) is 24.8 Å². The van der Waals surface area contributed by atoms with Crippen LogP contribution in [0.4, 0.5) is 8.78 Å². The topological polar surface area (TPSA) is 66.4 Å². The first kappa shape index (κ1) is 14.9. The maximum atomic E-state index is 13.2. The van der Waals surface area contributed by atoms with Crippen LogP contribution in [-0.2, 0) is 9.59 Å².